The standard InChI is InChI=1S/C10H13N3OS/c1-2-5-11-7-9-12-10(13-14-9)8-4-3-6-15-8/h1,8,11H,3-7H2. The first kappa shape index (κ1) is 10.5. The molecule has 1 unspecified atom stereocenters. The molecule has 1 aromatic heterocycles. The molecule has 1 saturated heterocycles. The smallest absolute Gasteiger partial charge is 0.240 e. The Morgan fingerprint density at radius 3 is 3.33 bits per heavy atom. The summed E-state index contributed by atoms with van der Waals surface area (Å²) >= 11 is 1.90. The predicted molar refractivity (Wildman–Crippen MR) is 59.3 cm³/mol. The molecule has 80 valence electrons. The third-order valence-corrected chi connectivity index (χ3v) is 3.58. The van der Waals surface area contributed by atoms with Crippen LogP contribution in [0.1, 0.15) is 29.8 Å². The van der Waals surface area contributed by atoms with E-state index in [0.29, 0.717) is 24.2 Å². The van der Waals surface area contributed by atoms with Gasteiger partial charge in [-0.2, -0.15) is 16.7 Å². The van der Waals surface area contributed by atoms with E-state index in [-0.39, 0.29) is 0 Å². The van der Waals surface area contributed by atoms with Crippen molar-refractivity contribution in [2.75, 3.05) is 12.3 Å². The van der Waals surface area contributed by atoms with Crippen LogP contribution in [0.3, 0.4) is 0 Å². The first-order chi connectivity index (χ1) is 7.40. The first-order valence-corrected chi connectivity index (χ1v) is 6.03. The molecule has 0 bridgehead atoms. The molecule has 0 amide bonds. The Kier molecular flexibility index (Phi) is 3.64. The number of nitrogens with zero attached hydrogens (tertiary/aromatic N) is 2. The minimum absolute atomic E-state index is 0.426. The zero-order valence-electron chi connectivity index (χ0n) is 8.40. The van der Waals surface area contributed by atoms with E-state index < -0.39 is 0 Å². The van der Waals surface area contributed by atoms with Gasteiger partial charge in [-0.1, -0.05) is 11.1 Å². The van der Waals surface area contributed by atoms with Crippen molar-refractivity contribution in [1.82, 2.24) is 15.5 Å². The monoisotopic (exact) mass is 223 g/mol. The van der Waals surface area contributed by atoms with Gasteiger partial charge in [-0.15, -0.1) is 6.42 Å². The van der Waals surface area contributed by atoms with Crippen molar-refractivity contribution in [2.24, 2.45) is 0 Å². The normalized spacial score (nSPS) is 20.3. The van der Waals surface area contributed by atoms with Gasteiger partial charge in [0.1, 0.15) is 0 Å². The Morgan fingerprint density at radius 2 is 2.60 bits per heavy atom. The third kappa shape index (κ3) is 2.74. The number of rotatable bonds is 4. The predicted octanol–water partition coefficient (Wildman–Crippen LogP) is 1.36. The van der Waals surface area contributed by atoms with Crippen LogP contribution < -0.4 is 5.32 Å². The Labute approximate surface area is 93.2 Å². The Balaban J connectivity index is 1.89. The molecule has 2 heterocycles. The largest absolute Gasteiger partial charge is 0.338 e. The first-order valence-electron chi connectivity index (χ1n) is 4.98. The average molecular weight is 223 g/mol. The summed E-state index contributed by atoms with van der Waals surface area (Å²) in [4.78, 5) is 4.33. The molecule has 1 aliphatic heterocycles. The summed E-state index contributed by atoms with van der Waals surface area (Å²) in [6.45, 7) is 1.07. The molecule has 0 radical (unpaired) electrons. The van der Waals surface area contributed by atoms with Crippen molar-refractivity contribution in [3.63, 3.8) is 0 Å². The van der Waals surface area contributed by atoms with Crippen molar-refractivity contribution in [1.29, 1.82) is 0 Å². The summed E-state index contributed by atoms with van der Waals surface area (Å²) in [5, 5.41) is 7.42. The molecule has 1 N–H and O–H groups in total. The number of terminal acetylenes is 1. The number of hydrogen-bond acceptors (Lipinski definition) is 5. The lowest BCUT2D eigenvalue weighted by Crippen LogP contribution is -2.13. The fourth-order valence-electron chi connectivity index (χ4n) is 1.49. The number of thioether (sulfide) groups is 1. The maximum absolute atomic E-state index is 5.12. The van der Waals surface area contributed by atoms with Crippen LogP contribution in [0, 0.1) is 12.3 Å². The van der Waals surface area contributed by atoms with E-state index in [1.807, 2.05) is 11.8 Å². The van der Waals surface area contributed by atoms with Crippen molar-refractivity contribution in [3.05, 3.63) is 11.7 Å². The highest BCUT2D eigenvalue weighted by atomic mass is 32.2. The molecule has 1 atom stereocenters. The second-order valence-corrected chi connectivity index (χ2v) is 4.67. The summed E-state index contributed by atoms with van der Waals surface area (Å²) in [5.74, 6) is 5.14. The number of aromatic nitrogens is 2. The molecule has 5 heteroatoms. The van der Waals surface area contributed by atoms with Crippen LogP contribution in [-0.2, 0) is 6.54 Å². The van der Waals surface area contributed by atoms with Crippen LogP contribution in [0.25, 0.3) is 0 Å². The minimum Gasteiger partial charge on any atom is -0.338 e. The Hall–Kier alpha value is -0.990. The van der Waals surface area contributed by atoms with Crippen LogP contribution in [0.5, 0.6) is 0 Å². The molecule has 1 fully saturated rings. The Bertz CT molecular complexity index is 352. The molecule has 0 aliphatic carbocycles. The van der Waals surface area contributed by atoms with Gasteiger partial charge in [-0.3, -0.25) is 5.32 Å². The Morgan fingerprint density at radius 1 is 1.67 bits per heavy atom. The lowest BCUT2D eigenvalue weighted by atomic mass is 10.2. The van der Waals surface area contributed by atoms with Gasteiger partial charge in [0.2, 0.25) is 5.89 Å². The van der Waals surface area contributed by atoms with Gasteiger partial charge in [0.05, 0.1) is 18.3 Å². The van der Waals surface area contributed by atoms with Gasteiger partial charge in [0.15, 0.2) is 5.82 Å². The second-order valence-electron chi connectivity index (χ2n) is 3.36. The molecule has 15 heavy (non-hydrogen) atoms. The van der Waals surface area contributed by atoms with E-state index in [4.69, 9.17) is 10.9 Å². The van der Waals surface area contributed by atoms with Crippen LogP contribution in [0.15, 0.2) is 4.52 Å². The quantitative estimate of drug-likeness (QED) is 0.617. The summed E-state index contributed by atoms with van der Waals surface area (Å²) in [5.41, 5.74) is 0. The highest BCUT2D eigenvalue weighted by Crippen LogP contribution is 2.38. The SMILES string of the molecule is C#CCNCc1nc(C2CCCS2)no1. The minimum atomic E-state index is 0.426. The molecule has 2 rings (SSSR count). The molecule has 1 aromatic rings. The molecular formula is C10H13N3OS. The van der Waals surface area contributed by atoms with Gasteiger partial charge < -0.3 is 4.52 Å². The summed E-state index contributed by atoms with van der Waals surface area (Å²) in [6.07, 6.45) is 7.51. The van der Waals surface area contributed by atoms with Gasteiger partial charge >= 0.3 is 0 Å². The topological polar surface area (TPSA) is 51.0 Å². The van der Waals surface area contributed by atoms with E-state index in [2.05, 4.69) is 21.4 Å². The van der Waals surface area contributed by atoms with E-state index in [0.717, 1.165) is 12.2 Å². The van der Waals surface area contributed by atoms with E-state index in [1.165, 1.54) is 12.2 Å². The lowest BCUT2D eigenvalue weighted by molar-refractivity contribution is 0.365. The van der Waals surface area contributed by atoms with Crippen molar-refractivity contribution in [2.45, 2.75) is 24.6 Å². The van der Waals surface area contributed by atoms with E-state index >= 15 is 0 Å². The second kappa shape index (κ2) is 5.19. The summed E-state index contributed by atoms with van der Waals surface area (Å²) < 4.78 is 5.12. The maximum Gasteiger partial charge on any atom is 0.240 e. The summed E-state index contributed by atoms with van der Waals surface area (Å²) in [6, 6.07) is 0. The molecular weight excluding hydrogens is 210 g/mol. The maximum atomic E-state index is 5.12. The van der Waals surface area contributed by atoms with E-state index in [1.54, 1.807) is 0 Å². The van der Waals surface area contributed by atoms with Crippen molar-refractivity contribution in [3.8, 4) is 12.3 Å². The molecule has 0 spiro atoms. The summed E-state index contributed by atoms with van der Waals surface area (Å²) in [7, 11) is 0. The van der Waals surface area contributed by atoms with Crippen LogP contribution in [0.2, 0.25) is 0 Å². The van der Waals surface area contributed by atoms with Gasteiger partial charge in [-0.05, 0) is 18.6 Å². The fraction of sp³-hybridized carbons (Fsp3) is 0.600. The van der Waals surface area contributed by atoms with Crippen molar-refractivity contribution < 1.29 is 4.52 Å². The third-order valence-electron chi connectivity index (χ3n) is 2.20. The van der Waals surface area contributed by atoms with Crippen LogP contribution >= 0.6 is 11.8 Å². The molecule has 0 aromatic carbocycles. The fourth-order valence-corrected chi connectivity index (χ4v) is 2.69. The van der Waals surface area contributed by atoms with Crippen molar-refractivity contribution >= 4 is 11.8 Å². The van der Waals surface area contributed by atoms with Crippen LogP contribution in [-0.4, -0.2) is 22.4 Å². The highest BCUT2D eigenvalue weighted by molar-refractivity contribution is 7.99. The van der Waals surface area contributed by atoms with Gasteiger partial charge in [-0.25, -0.2) is 0 Å². The van der Waals surface area contributed by atoms with Gasteiger partial charge in [0.25, 0.3) is 0 Å². The molecule has 0 saturated carbocycles. The molecule has 4 nitrogen and oxygen atoms in total. The van der Waals surface area contributed by atoms with Crippen LogP contribution in [0.4, 0.5) is 0 Å². The zero-order chi connectivity index (χ0) is 10.5. The number of hydrogen-bond donors (Lipinski definition) is 1. The molecule has 1 aliphatic rings. The number of nitrogens with one attached hydrogen (secondary N) is 1. The zero-order valence-corrected chi connectivity index (χ0v) is 9.22. The van der Waals surface area contributed by atoms with Gasteiger partial charge in [0, 0.05) is 0 Å². The highest BCUT2D eigenvalue weighted by Gasteiger charge is 2.22. The average Bonchev–Trinajstić information content (AvgIpc) is 2.87. The van der Waals surface area contributed by atoms with E-state index in [9.17, 15) is 0 Å². The lowest BCUT2D eigenvalue weighted by Gasteiger charge is -1.99.